The van der Waals surface area contributed by atoms with Gasteiger partial charge in [0.05, 0.1) is 0 Å². The second-order valence-corrected chi connectivity index (χ2v) is 15.2. The van der Waals surface area contributed by atoms with Crippen molar-refractivity contribution in [2.24, 2.45) is 0 Å². The maximum Gasteiger partial charge on any atom is 0.156 e. The zero-order valence-electron chi connectivity index (χ0n) is 11.5. The van der Waals surface area contributed by atoms with Gasteiger partial charge in [-0.15, -0.1) is 6.89 Å². The van der Waals surface area contributed by atoms with Crippen LogP contribution in [-0.2, 0) is 0 Å². The quantitative estimate of drug-likeness (QED) is 0.550. The number of hydrogen-bond donors (Lipinski definition) is 0. The molecule has 17 heavy (non-hydrogen) atoms. The molecule has 2 radical (unpaired) electrons. The first-order chi connectivity index (χ1) is 7.81. The minimum absolute atomic E-state index is 0.902. The minimum atomic E-state index is -1.37. The summed E-state index contributed by atoms with van der Waals surface area (Å²) in [6.07, 6.45) is 0. The highest BCUT2D eigenvalue weighted by Crippen LogP contribution is 2.44. The lowest BCUT2D eigenvalue weighted by atomic mass is 10.3. The third-order valence-electron chi connectivity index (χ3n) is 3.27. The molecule has 0 unspecified atom stereocenters. The third kappa shape index (κ3) is 2.69. The smallest absolute Gasteiger partial charge is 0.156 e. The fourth-order valence-corrected chi connectivity index (χ4v) is 8.08. The topological polar surface area (TPSA) is 3.24 Å². The van der Waals surface area contributed by atoms with Gasteiger partial charge in [0.1, 0.15) is 6.54 Å². The first kappa shape index (κ1) is 13.0. The Morgan fingerprint density at radius 2 is 1.71 bits per heavy atom. The summed E-state index contributed by atoms with van der Waals surface area (Å²) in [5.41, 5.74) is 1.31. The molecule has 1 aliphatic heterocycles. The Balaban J connectivity index is 2.39. The van der Waals surface area contributed by atoms with E-state index in [-0.39, 0.29) is 0 Å². The number of rotatable bonds is 1. The van der Waals surface area contributed by atoms with Gasteiger partial charge in [-0.3, -0.25) is 0 Å². The van der Waals surface area contributed by atoms with Crippen molar-refractivity contribution < 1.29 is 0 Å². The predicted octanol–water partition coefficient (Wildman–Crippen LogP) is 3.83. The molecule has 1 heterocycles. The SMILES string of the molecule is C[Si]1(C)CC(=P(C)(C)C)[C]N1c1ccccc1. The highest BCUT2D eigenvalue weighted by Gasteiger charge is 2.39. The lowest BCUT2D eigenvalue weighted by Crippen LogP contribution is -2.41. The van der Waals surface area contributed by atoms with Gasteiger partial charge in [0.25, 0.3) is 0 Å². The summed E-state index contributed by atoms with van der Waals surface area (Å²) in [7, 11) is -1.37. The molecule has 1 aliphatic rings. The molecule has 0 atom stereocenters. The molecule has 1 aromatic rings. The summed E-state index contributed by atoms with van der Waals surface area (Å²) < 4.78 is 2.45. The van der Waals surface area contributed by atoms with Crippen LogP contribution in [0.15, 0.2) is 30.3 Å². The van der Waals surface area contributed by atoms with E-state index in [1.807, 2.05) is 0 Å². The summed E-state index contributed by atoms with van der Waals surface area (Å²) in [5.74, 6) is 0. The van der Waals surface area contributed by atoms with E-state index < -0.39 is 15.1 Å². The lowest BCUT2D eigenvalue weighted by Gasteiger charge is -2.30. The molecule has 0 amide bonds. The molecule has 1 saturated heterocycles. The highest BCUT2D eigenvalue weighted by atomic mass is 31.2. The van der Waals surface area contributed by atoms with Crippen molar-refractivity contribution >= 4 is 26.1 Å². The van der Waals surface area contributed by atoms with Crippen LogP contribution in [0, 0.1) is 6.54 Å². The maximum atomic E-state index is 3.70. The van der Waals surface area contributed by atoms with E-state index in [1.165, 1.54) is 11.7 Å². The number of para-hydroxylation sites is 1. The summed E-state index contributed by atoms with van der Waals surface area (Å²) in [5, 5.41) is 1.58. The van der Waals surface area contributed by atoms with Gasteiger partial charge in [-0.2, -0.15) is 0 Å². The molecular weight excluding hydrogens is 241 g/mol. The predicted molar refractivity (Wildman–Crippen MR) is 84.2 cm³/mol. The van der Waals surface area contributed by atoms with E-state index in [9.17, 15) is 0 Å². The molecular formula is C14H22NPSi. The number of nitrogens with zero attached hydrogens (tertiary/aromatic N) is 1. The second-order valence-electron chi connectivity index (χ2n) is 6.23. The molecule has 0 aliphatic carbocycles. The van der Waals surface area contributed by atoms with Crippen LogP contribution >= 0.6 is 6.89 Å². The van der Waals surface area contributed by atoms with Gasteiger partial charge in [-0.05, 0) is 43.5 Å². The van der Waals surface area contributed by atoms with Crippen molar-refractivity contribution in [1.82, 2.24) is 0 Å². The van der Waals surface area contributed by atoms with Crippen molar-refractivity contribution in [3.8, 4) is 0 Å². The number of benzene rings is 1. The van der Waals surface area contributed by atoms with Crippen LogP contribution in [0.25, 0.3) is 0 Å². The van der Waals surface area contributed by atoms with Crippen LogP contribution in [0.2, 0.25) is 19.1 Å². The van der Waals surface area contributed by atoms with Crippen molar-refractivity contribution in [3.05, 3.63) is 36.9 Å². The summed E-state index contributed by atoms with van der Waals surface area (Å²) in [6.45, 7) is 14.9. The van der Waals surface area contributed by atoms with Crippen LogP contribution in [-0.4, -0.2) is 33.5 Å². The highest BCUT2D eigenvalue weighted by molar-refractivity contribution is 7.74. The molecule has 1 fully saturated rings. The van der Waals surface area contributed by atoms with E-state index in [2.05, 4.69) is 74.5 Å². The Morgan fingerprint density at radius 3 is 2.18 bits per heavy atom. The Bertz CT molecular complexity index is 450. The van der Waals surface area contributed by atoms with Crippen molar-refractivity contribution in [2.45, 2.75) is 19.1 Å². The van der Waals surface area contributed by atoms with Gasteiger partial charge in [0, 0.05) is 5.69 Å². The molecule has 0 aromatic heterocycles. The third-order valence-corrected chi connectivity index (χ3v) is 8.25. The minimum Gasteiger partial charge on any atom is -0.384 e. The first-order valence-corrected chi connectivity index (χ1v) is 12.4. The zero-order valence-corrected chi connectivity index (χ0v) is 13.4. The van der Waals surface area contributed by atoms with Gasteiger partial charge in [0.2, 0.25) is 0 Å². The van der Waals surface area contributed by atoms with Crippen molar-refractivity contribution in [1.29, 1.82) is 0 Å². The molecule has 0 spiro atoms. The molecule has 0 saturated carbocycles. The van der Waals surface area contributed by atoms with Gasteiger partial charge < -0.3 is 4.57 Å². The fourth-order valence-electron chi connectivity index (χ4n) is 2.19. The molecule has 0 N–H and O–H groups in total. The number of anilines is 1. The summed E-state index contributed by atoms with van der Waals surface area (Å²) >= 11 is 0. The molecule has 1 nitrogen and oxygen atoms in total. The van der Waals surface area contributed by atoms with E-state index >= 15 is 0 Å². The largest absolute Gasteiger partial charge is 0.384 e. The lowest BCUT2D eigenvalue weighted by molar-refractivity contribution is 1.31. The Morgan fingerprint density at radius 1 is 1.12 bits per heavy atom. The van der Waals surface area contributed by atoms with Crippen LogP contribution < -0.4 is 4.57 Å². The Labute approximate surface area is 107 Å². The van der Waals surface area contributed by atoms with E-state index in [0.29, 0.717) is 0 Å². The molecule has 1 aromatic carbocycles. The normalized spacial score (nSPS) is 19.8. The van der Waals surface area contributed by atoms with Crippen molar-refractivity contribution in [3.63, 3.8) is 0 Å². The summed E-state index contributed by atoms with van der Waals surface area (Å²) in [6, 6.07) is 12.0. The summed E-state index contributed by atoms with van der Waals surface area (Å²) in [4.78, 5) is 0. The fraction of sp³-hybridized carbons (Fsp3) is 0.429. The second kappa shape index (κ2) is 4.33. The van der Waals surface area contributed by atoms with E-state index in [0.717, 1.165) is 0 Å². The van der Waals surface area contributed by atoms with Crippen LogP contribution in [0.1, 0.15) is 0 Å². The van der Waals surface area contributed by atoms with E-state index in [4.69, 9.17) is 0 Å². The van der Waals surface area contributed by atoms with Gasteiger partial charge in [0.15, 0.2) is 8.24 Å². The Hall–Kier alpha value is -0.463. The zero-order chi connectivity index (χ0) is 12.7. The standard InChI is InChI=1S/C14H22NPSi/c1-16(2,3)14-11-15(17(4,5)12-14)13-9-7-6-8-10-13/h6-10H,12H2,1-5H3. The van der Waals surface area contributed by atoms with Gasteiger partial charge in [-0.25, -0.2) is 0 Å². The Kier molecular flexibility index (Phi) is 3.31. The van der Waals surface area contributed by atoms with Gasteiger partial charge in [-0.1, -0.05) is 31.3 Å². The van der Waals surface area contributed by atoms with Gasteiger partial charge >= 0.3 is 0 Å². The number of hydrogen-bond acceptors (Lipinski definition) is 1. The van der Waals surface area contributed by atoms with Crippen LogP contribution in [0.3, 0.4) is 0 Å². The first-order valence-electron chi connectivity index (χ1n) is 6.10. The average molecular weight is 263 g/mol. The molecule has 3 heteroatoms. The monoisotopic (exact) mass is 263 g/mol. The maximum absolute atomic E-state index is 3.70. The molecule has 92 valence electrons. The average Bonchev–Trinajstić information content (AvgIpc) is 2.55. The van der Waals surface area contributed by atoms with Crippen LogP contribution in [0.4, 0.5) is 5.69 Å². The molecule has 2 rings (SSSR count). The van der Waals surface area contributed by atoms with E-state index in [1.54, 1.807) is 5.29 Å². The van der Waals surface area contributed by atoms with Crippen LogP contribution in [0.5, 0.6) is 0 Å². The van der Waals surface area contributed by atoms with Crippen molar-refractivity contribution in [2.75, 3.05) is 24.6 Å². The molecule has 0 bridgehead atoms.